The average Bonchev–Trinajstić information content (AvgIpc) is 3.03. The maximum Gasteiger partial charge on any atom is 0.416 e. The fourth-order valence-corrected chi connectivity index (χ4v) is 4.91. The summed E-state index contributed by atoms with van der Waals surface area (Å²) in [4.78, 5) is 40.9. The summed E-state index contributed by atoms with van der Waals surface area (Å²) in [5, 5.41) is 6.18. The zero-order valence-electron chi connectivity index (χ0n) is 26.0. The molecule has 0 radical (unpaired) electrons. The summed E-state index contributed by atoms with van der Waals surface area (Å²) in [6.07, 6.45) is -4.58. The summed E-state index contributed by atoms with van der Waals surface area (Å²) in [6, 6.07) is 25.4. The Morgan fingerprint density at radius 3 is 2.11 bits per heavy atom. The third-order valence-corrected chi connectivity index (χ3v) is 7.16. The van der Waals surface area contributed by atoms with Crippen molar-refractivity contribution in [2.24, 2.45) is 0 Å². The van der Waals surface area contributed by atoms with Gasteiger partial charge in [-0.25, -0.2) is 0 Å². The third-order valence-electron chi connectivity index (χ3n) is 7.16. The lowest BCUT2D eigenvalue weighted by Crippen LogP contribution is -2.32. The Morgan fingerprint density at radius 1 is 0.826 bits per heavy atom. The Balaban J connectivity index is 1.53. The van der Waals surface area contributed by atoms with Crippen LogP contribution in [0.1, 0.15) is 57.3 Å². The molecule has 2 N–H and O–H groups in total. The van der Waals surface area contributed by atoms with Gasteiger partial charge in [-0.05, 0) is 52.6 Å². The van der Waals surface area contributed by atoms with E-state index < -0.39 is 29.5 Å². The molecule has 1 unspecified atom stereocenters. The monoisotopic (exact) mass is 631 g/mol. The third kappa shape index (κ3) is 8.82. The first-order valence-corrected chi connectivity index (χ1v) is 14.7. The Hall–Kier alpha value is -4.96. The van der Waals surface area contributed by atoms with Crippen molar-refractivity contribution in [3.05, 3.63) is 125 Å². The molecule has 0 saturated carbocycles. The van der Waals surface area contributed by atoms with E-state index in [-0.39, 0.29) is 41.9 Å². The van der Waals surface area contributed by atoms with E-state index in [1.807, 2.05) is 44.2 Å². The first-order chi connectivity index (χ1) is 21.8. The number of rotatable bonds is 11. The van der Waals surface area contributed by atoms with Crippen LogP contribution in [0.15, 0.2) is 97.1 Å². The average molecular weight is 632 g/mol. The van der Waals surface area contributed by atoms with Gasteiger partial charge in [0.05, 0.1) is 29.3 Å². The van der Waals surface area contributed by atoms with E-state index in [4.69, 9.17) is 4.74 Å². The van der Waals surface area contributed by atoms with Crippen molar-refractivity contribution in [3.63, 3.8) is 0 Å². The Labute approximate surface area is 266 Å². The topological polar surface area (TPSA) is 87.7 Å². The van der Waals surface area contributed by atoms with Crippen LogP contribution in [0.2, 0.25) is 0 Å². The predicted molar refractivity (Wildman–Crippen MR) is 171 cm³/mol. The van der Waals surface area contributed by atoms with E-state index >= 15 is 0 Å². The van der Waals surface area contributed by atoms with Gasteiger partial charge < -0.3 is 20.3 Å². The van der Waals surface area contributed by atoms with Crippen LogP contribution in [-0.2, 0) is 22.1 Å². The number of carbonyl (C=O) groups excluding carboxylic acids is 3. The molecule has 2 amide bonds. The highest BCUT2D eigenvalue weighted by Gasteiger charge is 2.30. The summed E-state index contributed by atoms with van der Waals surface area (Å²) in [6.45, 7) is 4.14. The molecule has 0 bridgehead atoms. The van der Waals surface area contributed by atoms with Gasteiger partial charge in [0.2, 0.25) is 0 Å². The summed E-state index contributed by atoms with van der Waals surface area (Å²) in [7, 11) is 3.14. The molecule has 1 atom stereocenters. The standard InChI is InChI=1S/C36H36F3N3O4/c1-23(2)40-32(26-10-6-5-7-11-26)22-46-33(43)21-24-14-19-31(30(20-24)35(45)42(3)4)41-34(44)29-13-9-8-12-28(29)25-15-17-27(18-16-25)36(37,38)39/h5-20,23,32,40H,21-22H2,1-4H3,(H,41,44). The van der Waals surface area contributed by atoms with E-state index in [9.17, 15) is 27.6 Å². The number of alkyl halides is 3. The van der Waals surface area contributed by atoms with Crippen molar-refractivity contribution in [2.75, 3.05) is 26.0 Å². The van der Waals surface area contributed by atoms with Gasteiger partial charge >= 0.3 is 12.1 Å². The van der Waals surface area contributed by atoms with Crippen LogP contribution in [0.4, 0.5) is 18.9 Å². The highest BCUT2D eigenvalue weighted by molar-refractivity contribution is 6.11. The molecule has 0 aliphatic carbocycles. The van der Waals surface area contributed by atoms with Gasteiger partial charge in [0.25, 0.3) is 11.8 Å². The van der Waals surface area contributed by atoms with E-state index in [2.05, 4.69) is 10.6 Å². The smallest absolute Gasteiger partial charge is 0.416 e. The predicted octanol–water partition coefficient (Wildman–Crippen LogP) is 7.15. The van der Waals surface area contributed by atoms with Gasteiger partial charge in [-0.2, -0.15) is 13.2 Å². The maximum absolute atomic E-state index is 13.5. The van der Waals surface area contributed by atoms with E-state index in [1.165, 1.54) is 17.0 Å². The lowest BCUT2D eigenvalue weighted by Gasteiger charge is -2.21. The minimum Gasteiger partial charge on any atom is -0.463 e. The van der Waals surface area contributed by atoms with Crippen LogP contribution in [0.3, 0.4) is 0 Å². The van der Waals surface area contributed by atoms with Crippen molar-refractivity contribution in [3.8, 4) is 11.1 Å². The Bertz CT molecular complexity index is 1670. The second-order valence-corrected chi connectivity index (χ2v) is 11.3. The molecule has 4 aromatic carbocycles. The number of amides is 2. The molecule has 4 rings (SSSR count). The number of nitrogens with one attached hydrogen (secondary N) is 2. The van der Waals surface area contributed by atoms with E-state index in [0.29, 0.717) is 16.7 Å². The molecule has 0 fully saturated rings. The highest BCUT2D eigenvalue weighted by Crippen LogP contribution is 2.32. The molecule has 0 aromatic heterocycles. The molecule has 0 heterocycles. The van der Waals surface area contributed by atoms with Crippen molar-refractivity contribution >= 4 is 23.5 Å². The molecule has 10 heteroatoms. The molecule has 0 aliphatic rings. The van der Waals surface area contributed by atoms with Gasteiger partial charge in [0.15, 0.2) is 0 Å². The van der Waals surface area contributed by atoms with Crippen molar-refractivity contribution < 1.29 is 32.3 Å². The number of hydrogen-bond acceptors (Lipinski definition) is 5. The lowest BCUT2D eigenvalue weighted by atomic mass is 9.97. The quantitative estimate of drug-likeness (QED) is 0.172. The number of ether oxygens (including phenoxy) is 1. The minimum absolute atomic E-state index is 0.0954. The molecule has 7 nitrogen and oxygen atoms in total. The van der Waals surface area contributed by atoms with Crippen molar-refractivity contribution in [2.45, 2.75) is 38.5 Å². The largest absolute Gasteiger partial charge is 0.463 e. The number of anilines is 1. The molecular weight excluding hydrogens is 595 g/mol. The molecule has 240 valence electrons. The second kappa shape index (κ2) is 14.9. The lowest BCUT2D eigenvalue weighted by molar-refractivity contribution is -0.143. The Kier molecular flexibility index (Phi) is 11.0. The summed E-state index contributed by atoms with van der Waals surface area (Å²) >= 11 is 0. The maximum atomic E-state index is 13.5. The van der Waals surface area contributed by atoms with Crippen LogP contribution in [0.5, 0.6) is 0 Å². The summed E-state index contributed by atoms with van der Waals surface area (Å²) < 4.78 is 44.9. The second-order valence-electron chi connectivity index (χ2n) is 11.3. The van der Waals surface area contributed by atoms with Crippen LogP contribution in [0, 0.1) is 0 Å². The molecule has 0 spiro atoms. The fourth-order valence-electron chi connectivity index (χ4n) is 4.91. The first-order valence-electron chi connectivity index (χ1n) is 14.7. The Morgan fingerprint density at radius 2 is 1.48 bits per heavy atom. The number of halogens is 3. The van der Waals surface area contributed by atoms with Crippen LogP contribution >= 0.6 is 0 Å². The van der Waals surface area contributed by atoms with E-state index in [1.54, 1.807) is 56.6 Å². The van der Waals surface area contributed by atoms with Crippen LogP contribution in [0.25, 0.3) is 11.1 Å². The molecule has 0 saturated heterocycles. The number of esters is 1. The van der Waals surface area contributed by atoms with Crippen LogP contribution in [-0.4, -0.2) is 49.4 Å². The van der Waals surface area contributed by atoms with Gasteiger partial charge in [0, 0.05) is 25.7 Å². The van der Waals surface area contributed by atoms with Gasteiger partial charge in [-0.15, -0.1) is 0 Å². The zero-order valence-corrected chi connectivity index (χ0v) is 26.0. The van der Waals surface area contributed by atoms with Crippen molar-refractivity contribution in [1.29, 1.82) is 0 Å². The van der Waals surface area contributed by atoms with Crippen molar-refractivity contribution in [1.82, 2.24) is 10.2 Å². The molecule has 0 aliphatic heterocycles. The minimum atomic E-state index is -4.48. The fraction of sp³-hybridized carbons (Fsp3) is 0.250. The van der Waals surface area contributed by atoms with Gasteiger partial charge in [-0.1, -0.05) is 80.6 Å². The number of hydrogen-bond donors (Lipinski definition) is 2. The number of benzene rings is 4. The molecule has 4 aromatic rings. The number of nitrogens with zero attached hydrogens (tertiary/aromatic N) is 1. The number of carbonyl (C=O) groups is 3. The molecule has 46 heavy (non-hydrogen) atoms. The van der Waals surface area contributed by atoms with Gasteiger partial charge in [0.1, 0.15) is 6.61 Å². The SMILES string of the molecule is CC(C)NC(COC(=O)Cc1ccc(NC(=O)c2ccccc2-c2ccc(C(F)(F)F)cc2)c(C(=O)N(C)C)c1)c1ccccc1. The molecular formula is C36H36F3N3O4. The van der Waals surface area contributed by atoms with E-state index in [0.717, 1.165) is 17.7 Å². The first kappa shape index (κ1) is 33.9. The van der Waals surface area contributed by atoms with Gasteiger partial charge in [-0.3, -0.25) is 14.4 Å². The summed E-state index contributed by atoms with van der Waals surface area (Å²) in [5.41, 5.74) is 2.16. The highest BCUT2D eigenvalue weighted by atomic mass is 19.4. The zero-order chi connectivity index (χ0) is 33.4. The van der Waals surface area contributed by atoms with Crippen LogP contribution < -0.4 is 10.6 Å². The normalized spacial score (nSPS) is 12.0. The summed E-state index contributed by atoms with van der Waals surface area (Å²) in [5.74, 6) is -1.43.